The Balaban J connectivity index is 1.46. The molecule has 0 aliphatic carbocycles. The smallest absolute Gasteiger partial charge is 0.407 e. The van der Waals surface area contributed by atoms with Crippen molar-refractivity contribution in [2.45, 2.75) is 25.4 Å². The Labute approximate surface area is 143 Å². The fourth-order valence-electron chi connectivity index (χ4n) is 2.90. The number of hydrogen-bond acceptors (Lipinski definition) is 5. The first-order chi connectivity index (χ1) is 11.6. The molecule has 2 aliphatic heterocycles. The van der Waals surface area contributed by atoms with E-state index in [4.69, 9.17) is 18.2 Å². The highest BCUT2D eigenvalue weighted by molar-refractivity contribution is 7.75. The molecule has 1 amide bonds. The Morgan fingerprint density at radius 3 is 2.42 bits per heavy atom. The monoisotopic (exact) mass is 355 g/mol. The van der Waals surface area contributed by atoms with E-state index in [1.54, 1.807) is 0 Å². The molecule has 2 fully saturated rings. The van der Waals surface area contributed by atoms with Crippen molar-refractivity contribution in [3.8, 4) is 5.75 Å². The highest BCUT2D eigenvalue weighted by atomic mass is 32.2. The lowest BCUT2D eigenvalue weighted by Gasteiger charge is -2.30. The van der Waals surface area contributed by atoms with Crippen molar-refractivity contribution in [2.24, 2.45) is 5.92 Å². The molecule has 0 spiro atoms. The van der Waals surface area contributed by atoms with E-state index in [-0.39, 0.29) is 12.0 Å². The number of nitrogens with zero attached hydrogens (tertiary/aromatic N) is 1. The van der Waals surface area contributed by atoms with Crippen LogP contribution in [0.2, 0.25) is 0 Å². The van der Waals surface area contributed by atoms with Crippen LogP contribution in [0.1, 0.15) is 18.4 Å². The van der Waals surface area contributed by atoms with Gasteiger partial charge in [0.05, 0.1) is 13.2 Å². The number of likely N-dealkylation sites (tertiary alicyclic amines) is 1. The third kappa shape index (κ3) is 4.68. The van der Waals surface area contributed by atoms with E-state index < -0.39 is 17.5 Å². The molecule has 1 aromatic rings. The maximum atomic E-state index is 11.0. The summed E-state index contributed by atoms with van der Waals surface area (Å²) in [4.78, 5) is 12.3. The molecule has 132 valence electrons. The summed E-state index contributed by atoms with van der Waals surface area (Å²) < 4.78 is 26.9. The number of carboxylic acid groups (broad SMARTS) is 1. The molecule has 1 N–H and O–H groups in total. The molecule has 7 nitrogen and oxygen atoms in total. The standard InChI is InChI=1S/C16H21NO6S/c18-16(19)17-7-5-15(6-8-17)23-14-3-1-12(2-4-14)9-13-10-21-24(20)22-11-13/h1-4,13,15H,5-11H2,(H,18,19). The molecular formula is C16H21NO6S. The Morgan fingerprint density at radius 2 is 1.83 bits per heavy atom. The van der Waals surface area contributed by atoms with Crippen LogP contribution in [-0.2, 0) is 26.1 Å². The summed E-state index contributed by atoms with van der Waals surface area (Å²) >= 11 is -1.59. The molecule has 8 heteroatoms. The summed E-state index contributed by atoms with van der Waals surface area (Å²) in [7, 11) is 0. The predicted octanol–water partition coefficient (Wildman–Crippen LogP) is 1.99. The summed E-state index contributed by atoms with van der Waals surface area (Å²) in [6, 6.07) is 7.88. The van der Waals surface area contributed by atoms with Crippen LogP contribution in [-0.4, -0.2) is 52.7 Å². The molecule has 2 heterocycles. The van der Waals surface area contributed by atoms with Gasteiger partial charge in [0.25, 0.3) is 0 Å². The average molecular weight is 355 g/mol. The molecule has 24 heavy (non-hydrogen) atoms. The topological polar surface area (TPSA) is 85.3 Å². The minimum atomic E-state index is -1.59. The third-order valence-corrected chi connectivity index (χ3v) is 4.92. The van der Waals surface area contributed by atoms with Gasteiger partial charge >= 0.3 is 17.5 Å². The zero-order valence-corrected chi connectivity index (χ0v) is 14.1. The molecule has 2 saturated heterocycles. The Morgan fingerprint density at radius 1 is 1.21 bits per heavy atom. The van der Waals surface area contributed by atoms with Crippen LogP contribution in [0.15, 0.2) is 24.3 Å². The number of hydrogen-bond donors (Lipinski definition) is 1. The van der Waals surface area contributed by atoms with Crippen LogP contribution in [0.5, 0.6) is 5.75 Å². The molecular weight excluding hydrogens is 334 g/mol. The predicted molar refractivity (Wildman–Crippen MR) is 86.9 cm³/mol. The van der Waals surface area contributed by atoms with Gasteiger partial charge in [-0.25, -0.2) is 4.79 Å². The van der Waals surface area contributed by atoms with E-state index in [1.165, 1.54) is 4.90 Å². The first-order valence-electron chi connectivity index (χ1n) is 8.02. The van der Waals surface area contributed by atoms with Crippen LogP contribution in [0.4, 0.5) is 4.79 Å². The van der Waals surface area contributed by atoms with Crippen LogP contribution in [0.25, 0.3) is 0 Å². The maximum Gasteiger partial charge on any atom is 0.407 e. The van der Waals surface area contributed by atoms with Crippen molar-refractivity contribution in [1.29, 1.82) is 0 Å². The third-order valence-electron chi connectivity index (χ3n) is 4.26. The number of carbonyl (C=O) groups is 1. The van der Waals surface area contributed by atoms with Crippen LogP contribution in [0.3, 0.4) is 0 Å². The maximum absolute atomic E-state index is 11.0. The van der Waals surface area contributed by atoms with Gasteiger partial charge in [-0.15, -0.1) is 0 Å². The normalized spacial score (nSPS) is 25.4. The van der Waals surface area contributed by atoms with Gasteiger partial charge in [-0.2, -0.15) is 4.21 Å². The fourth-order valence-corrected chi connectivity index (χ4v) is 3.57. The van der Waals surface area contributed by atoms with Gasteiger partial charge in [0.2, 0.25) is 0 Å². The summed E-state index contributed by atoms with van der Waals surface area (Å²) in [5, 5.41) is 8.94. The number of rotatable bonds is 4. The second kappa shape index (κ2) is 7.96. The molecule has 0 bridgehead atoms. The first-order valence-corrected chi connectivity index (χ1v) is 9.02. The number of amides is 1. The van der Waals surface area contributed by atoms with E-state index in [2.05, 4.69) is 0 Å². The van der Waals surface area contributed by atoms with Gasteiger partial charge in [-0.1, -0.05) is 12.1 Å². The minimum Gasteiger partial charge on any atom is -0.490 e. The van der Waals surface area contributed by atoms with Crippen molar-refractivity contribution in [3.63, 3.8) is 0 Å². The Bertz CT molecular complexity index is 575. The number of benzene rings is 1. The molecule has 1 aromatic carbocycles. The van der Waals surface area contributed by atoms with Gasteiger partial charge in [-0.3, -0.25) is 8.37 Å². The van der Waals surface area contributed by atoms with Crippen molar-refractivity contribution in [1.82, 2.24) is 4.90 Å². The Hall–Kier alpha value is -1.64. The minimum absolute atomic E-state index is 0.0570. The second-order valence-corrected chi connectivity index (χ2v) is 6.95. The SMILES string of the molecule is O=C(O)N1CCC(Oc2ccc(CC3COS(=O)OC3)cc2)CC1. The lowest BCUT2D eigenvalue weighted by atomic mass is 10.0. The molecule has 0 radical (unpaired) electrons. The van der Waals surface area contributed by atoms with Crippen LogP contribution in [0, 0.1) is 5.92 Å². The number of piperidine rings is 1. The lowest BCUT2D eigenvalue weighted by molar-refractivity contribution is 0.0894. The van der Waals surface area contributed by atoms with Gasteiger partial charge in [0.1, 0.15) is 11.9 Å². The molecule has 0 atom stereocenters. The van der Waals surface area contributed by atoms with Gasteiger partial charge in [0, 0.05) is 31.8 Å². The molecule has 3 rings (SSSR count). The summed E-state index contributed by atoms with van der Waals surface area (Å²) in [5.41, 5.74) is 1.15. The Kier molecular flexibility index (Phi) is 5.70. The summed E-state index contributed by atoms with van der Waals surface area (Å²) in [5.74, 6) is 1.000. The van der Waals surface area contributed by atoms with Gasteiger partial charge in [-0.05, 0) is 24.1 Å². The van der Waals surface area contributed by atoms with Crippen molar-refractivity contribution >= 4 is 17.5 Å². The zero-order valence-electron chi connectivity index (χ0n) is 13.3. The lowest BCUT2D eigenvalue weighted by Crippen LogP contribution is -2.41. The highest BCUT2D eigenvalue weighted by Gasteiger charge is 2.23. The van der Waals surface area contributed by atoms with Crippen LogP contribution < -0.4 is 4.74 Å². The average Bonchev–Trinajstić information content (AvgIpc) is 2.59. The molecule has 0 unspecified atom stereocenters. The molecule has 0 saturated carbocycles. The fraction of sp³-hybridized carbons (Fsp3) is 0.562. The number of ether oxygens (including phenoxy) is 1. The van der Waals surface area contributed by atoms with Crippen molar-refractivity contribution in [2.75, 3.05) is 26.3 Å². The molecule has 2 aliphatic rings. The van der Waals surface area contributed by atoms with E-state index in [1.807, 2.05) is 24.3 Å². The van der Waals surface area contributed by atoms with Gasteiger partial charge < -0.3 is 14.7 Å². The van der Waals surface area contributed by atoms with Crippen molar-refractivity contribution < 1.29 is 27.2 Å². The summed E-state index contributed by atoms with van der Waals surface area (Å²) in [6.45, 7) is 1.91. The van der Waals surface area contributed by atoms with E-state index >= 15 is 0 Å². The quantitative estimate of drug-likeness (QED) is 0.889. The summed E-state index contributed by atoms with van der Waals surface area (Å²) in [6.07, 6.45) is 1.41. The van der Waals surface area contributed by atoms with E-state index in [0.717, 1.165) is 17.7 Å². The highest BCUT2D eigenvalue weighted by Crippen LogP contribution is 2.21. The van der Waals surface area contributed by atoms with E-state index in [0.29, 0.717) is 39.1 Å². The zero-order chi connectivity index (χ0) is 16.9. The first kappa shape index (κ1) is 17.2. The van der Waals surface area contributed by atoms with E-state index in [9.17, 15) is 9.00 Å². The van der Waals surface area contributed by atoms with Crippen molar-refractivity contribution in [3.05, 3.63) is 29.8 Å². The van der Waals surface area contributed by atoms with Crippen LogP contribution >= 0.6 is 0 Å². The van der Waals surface area contributed by atoms with Gasteiger partial charge in [0.15, 0.2) is 0 Å². The molecule has 0 aromatic heterocycles. The second-order valence-electron chi connectivity index (χ2n) is 6.07. The largest absolute Gasteiger partial charge is 0.490 e.